The third kappa shape index (κ3) is 4.58. The van der Waals surface area contributed by atoms with Crippen molar-refractivity contribution in [2.24, 2.45) is 5.92 Å². The molecule has 3 N–H and O–H groups in total. The second kappa shape index (κ2) is 8.30. The molecule has 130 valence electrons. The van der Waals surface area contributed by atoms with Crippen LogP contribution >= 0.6 is 11.6 Å². The van der Waals surface area contributed by atoms with Crippen molar-refractivity contribution >= 4 is 34.9 Å². The molecule has 0 spiro atoms. The highest BCUT2D eigenvalue weighted by Gasteiger charge is 2.25. The van der Waals surface area contributed by atoms with Crippen molar-refractivity contribution in [3.63, 3.8) is 0 Å². The number of carboxylic acid groups (broad SMARTS) is 1. The number of hydrazine groups is 1. The first-order valence-corrected chi connectivity index (χ1v) is 7.99. The number of hydrogen-bond acceptors (Lipinski definition) is 4. The van der Waals surface area contributed by atoms with Gasteiger partial charge in [-0.2, -0.15) is 0 Å². The van der Waals surface area contributed by atoms with E-state index in [0.29, 0.717) is 12.0 Å². The number of halogens is 1. The lowest BCUT2D eigenvalue weighted by Gasteiger charge is -2.16. The fourth-order valence-electron chi connectivity index (χ4n) is 2.26. The second-order valence-corrected chi connectivity index (χ2v) is 5.71. The van der Waals surface area contributed by atoms with E-state index in [9.17, 15) is 14.4 Å². The van der Waals surface area contributed by atoms with E-state index in [-0.39, 0.29) is 22.1 Å². The van der Waals surface area contributed by atoms with Crippen molar-refractivity contribution < 1.29 is 19.5 Å². The quantitative estimate of drug-likeness (QED) is 0.399. The number of carbonyl (C=O) groups is 3. The van der Waals surface area contributed by atoms with E-state index in [1.165, 1.54) is 18.2 Å². The monoisotopic (exact) mass is 360 g/mol. The van der Waals surface area contributed by atoms with Gasteiger partial charge in [0.05, 0.1) is 16.3 Å². The van der Waals surface area contributed by atoms with Crippen LogP contribution in [-0.2, 0) is 4.79 Å². The minimum atomic E-state index is -1.11. The molecule has 2 aromatic carbocycles. The number of rotatable bonds is 7. The Labute approximate surface area is 149 Å². The Morgan fingerprint density at radius 1 is 1.08 bits per heavy atom. The molecule has 2 rings (SSSR count). The molecule has 25 heavy (non-hydrogen) atoms. The Morgan fingerprint density at radius 2 is 1.76 bits per heavy atom. The Morgan fingerprint density at radius 3 is 2.36 bits per heavy atom. The largest absolute Gasteiger partial charge is 0.478 e. The number of benzene rings is 2. The van der Waals surface area contributed by atoms with Gasteiger partial charge >= 0.3 is 5.97 Å². The number of hydrogen-bond donors (Lipinski definition) is 3. The van der Waals surface area contributed by atoms with Gasteiger partial charge in [-0.3, -0.25) is 20.4 Å². The molecule has 0 heterocycles. The average Bonchev–Trinajstić information content (AvgIpc) is 2.62. The first kappa shape index (κ1) is 18.5. The molecule has 0 saturated carbocycles. The van der Waals surface area contributed by atoms with Gasteiger partial charge in [-0.25, -0.2) is 4.79 Å². The van der Waals surface area contributed by atoms with Crippen molar-refractivity contribution in [3.8, 4) is 0 Å². The zero-order chi connectivity index (χ0) is 18.4. The minimum Gasteiger partial charge on any atom is -0.478 e. The van der Waals surface area contributed by atoms with E-state index in [0.717, 1.165) is 0 Å². The van der Waals surface area contributed by atoms with Crippen molar-refractivity contribution in [1.82, 2.24) is 5.43 Å². The van der Waals surface area contributed by atoms with Gasteiger partial charge in [0.2, 0.25) is 5.91 Å². The number of carbonyl (C=O) groups excluding carboxylic acids is 2. The Balaban J connectivity index is 2.09. The molecule has 0 fully saturated rings. The summed E-state index contributed by atoms with van der Waals surface area (Å²) in [6.45, 7) is 1.74. The van der Waals surface area contributed by atoms with Crippen LogP contribution in [0.3, 0.4) is 0 Å². The van der Waals surface area contributed by atoms with E-state index in [2.05, 4.69) is 10.9 Å². The summed E-state index contributed by atoms with van der Waals surface area (Å²) in [5.41, 5.74) is 5.71. The van der Waals surface area contributed by atoms with Crippen molar-refractivity contribution in [2.75, 3.05) is 5.43 Å². The molecule has 1 amide bonds. The van der Waals surface area contributed by atoms with Crippen LogP contribution in [0.25, 0.3) is 0 Å². The molecule has 0 aliphatic heterocycles. The van der Waals surface area contributed by atoms with Gasteiger partial charge in [-0.15, -0.1) is 0 Å². The lowest BCUT2D eigenvalue weighted by Crippen LogP contribution is -2.38. The van der Waals surface area contributed by atoms with E-state index in [4.69, 9.17) is 16.7 Å². The highest BCUT2D eigenvalue weighted by molar-refractivity contribution is 6.33. The van der Waals surface area contributed by atoms with Gasteiger partial charge in [-0.05, 0) is 24.6 Å². The number of anilines is 1. The number of amides is 1. The standard InChI is InChI=1S/C18H17ClN2O4/c1-2-13(16(22)11-6-4-3-5-7-11)17(23)21-20-15-10-12(18(24)25)8-9-14(15)19/h3-10,13,20H,2H2,1H3,(H,21,23)(H,24,25). The van der Waals surface area contributed by atoms with Crippen LogP contribution in [0.15, 0.2) is 48.5 Å². The first-order valence-electron chi connectivity index (χ1n) is 7.62. The first-order chi connectivity index (χ1) is 11.9. The van der Waals surface area contributed by atoms with E-state index < -0.39 is 17.8 Å². The van der Waals surface area contributed by atoms with E-state index >= 15 is 0 Å². The van der Waals surface area contributed by atoms with Gasteiger partial charge < -0.3 is 5.11 Å². The molecule has 0 aliphatic rings. The average molecular weight is 361 g/mol. The summed E-state index contributed by atoms with van der Waals surface area (Å²) in [5, 5.41) is 9.24. The summed E-state index contributed by atoms with van der Waals surface area (Å²) in [5.74, 6) is -2.78. The molecule has 0 bridgehead atoms. The topological polar surface area (TPSA) is 95.5 Å². The van der Waals surface area contributed by atoms with Crippen LogP contribution in [-0.4, -0.2) is 22.8 Å². The third-order valence-corrected chi connectivity index (χ3v) is 3.96. The van der Waals surface area contributed by atoms with Crippen molar-refractivity contribution in [3.05, 3.63) is 64.7 Å². The molecule has 2 aromatic rings. The summed E-state index contributed by atoms with van der Waals surface area (Å²) < 4.78 is 0. The Kier molecular flexibility index (Phi) is 6.14. The highest BCUT2D eigenvalue weighted by atomic mass is 35.5. The summed E-state index contributed by atoms with van der Waals surface area (Å²) in [6.07, 6.45) is 0.324. The van der Waals surface area contributed by atoms with Gasteiger partial charge in [0.1, 0.15) is 5.92 Å². The number of Topliss-reactive ketones (excluding diaryl/α,β-unsaturated/α-hetero) is 1. The molecule has 0 aromatic heterocycles. The zero-order valence-corrected chi connectivity index (χ0v) is 14.2. The predicted molar refractivity (Wildman–Crippen MR) is 94.7 cm³/mol. The molecular weight excluding hydrogens is 344 g/mol. The normalized spacial score (nSPS) is 11.4. The van der Waals surface area contributed by atoms with Crippen molar-refractivity contribution in [1.29, 1.82) is 0 Å². The molecule has 6 nitrogen and oxygen atoms in total. The zero-order valence-electron chi connectivity index (χ0n) is 13.5. The fourth-order valence-corrected chi connectivity index (χ4v) is 2.43. The van der Waals surface area contributed by atoms with Gasteiger partial charge in [0.15, 0.2) is 5.78 Å². The summed E-state index contributed by atoms with van der Waals surface area (Å²) in [4.78, 5) is 35.8. The van der Waals surface area contributed by atoms with Gasteiger partial charge in [-0.1, -0.05) is 48.9 Å². The maximum Gasteiger partial charge on any atom is 0.335 e. The third-order valence-electron chi connectivity index (χ3n) is 3.63. The second-order valence-electron chi connectivity index (χ2n) is 5.31. The number of ketones is 1. The number of nitrogens with one attached hydrogen (secondary N) is 2. The number of carboxylic acids is 1. The van der Waals surface area contributed by atoms with Crippen LogP contribution in [0, 0.1) is 5.92 Å². The summed E-state index contributed by atoms with van der Waals surface area (Å²) in [6, 6.07) is 12.6. The van der Waals surface area contributed by atoms with Gasteiger partial charge in [0.25, 0.3) is 0 Å². The van der Waals surface area contributed by atoms with Crippen LogP contribution in [0.2, 0.25) is 5.02 Å². The predicted octanol–water partition coefficient (Wildman–Crippen LogP) is 3.39. The van der Waals surface area contributed by atoms with Gasteiger partial charge in [0, 0.05) is 5.56 Å². The molecule has 0 aliphatic carbocycles. The Bertz CT molecular complexity index is 793. The van der Waals surface area contributed by atoms with E-state index in [1.54, 1.807) is 37.3 Å². The smallest absolute Gasteiger partial charge is 0.335 e. The van der Waals surface area contributed by atoms with E-state index in [1.807, 2.05) is 0 Å². The van der Waals surface area contributed by atoms with Crippen LogP contribution < -0.4 is 10.9 Å². The molecule has 7 heteroatoms. The molecule has 1 unspecified atom stereocenters. The van der Waals surface area contributed by atoms with Crippen LogP contribution in [0.4, 0.5) is 5.69 Å². The summed E-state index contributed by atoms with van der Waals surface area (Å²) in [7, 11) is 0. The maximum atomic E-state index is 12.4. The molecular formula is C18H17ClN2O4. The SMILES string of the molecule is CCC(C(=O)NNc1cc(C(=O)O)ccc1Cl)C(=O)c1ccccc1. The number of aromatic carboxylic acids is 1. The minimum absolute atomic E-state index is 0.0218. The fraction of sp³-hybridized carbons (Fsp3) is 0.167. The summed E-state index contributed by atoms with van der Waals surface area (Å²) >= 11 is 5.98. The molecule has 0 saturated heterocycles. The van der Waals surface area contributed by atoms with Crippen LogP contribution in [0.1, 0.15) is 34.1 Å². The Hall–Kier alpha value is -2.86. The highest BCUT2D eigenvalue weighted by Crippen LogP contribution is 2.22. The lowest BCUT2D eigenvalue weighted by atomic mass is 9.95. The lowest BCUT2D eigenvalue weighted by molar-refractivity contribution is -0.123. The molecule has 0 radical (unpaired) electrons. The van der Waals surface area contributed by atoms with Crippen molar-refractivity contribution in [2.45, 2.75) is 13.3 Å². The maximum absolute atomic E-state index is 12.4. The van der Waals surface area contributed by atoms with Crippen LogP contribution in [0.5, 0.6) is 0 Å². The molecule has 1 atom stereocenters.